The number of rotatable bonds is 16. The van der Waals surface area contributed by atoms with Crippen LogP contribution in [0.25, 0.3) is 0 Å². The lowest BCUT2D eigenvalue weighted by atomic mass is 10.2. The zero-order valence-electron chi connectivity index (χ0n) is 14.6. The Hall–Kier alpha value is 0.447. The molecular weight excluding hydrogens is 300 g/mol. The summed E-state index contributed by atoms with van der Waals surface area (Å²) in [5.41, 5.74) is 0. The highest BCUT2D eigenvalue weighted by Gasteiger charge is 2.39. The Morgan fingerprint density at radius 3 is 1.71 bits per heavy atom. The zero-order chi connectivity index (χ0) is 15.8. The SMILES string of the molecule is CCCCCCCSCCC[Si](OCC)(OCC)OCC. The van der Waals surface area contributed by atoms with E-state index in [1.807, 2.05) is 20.8 Å². The minimum absolute atomic E-state index is 0.677. The van der Waals surface area contributed by atoms with Crippen LogP contribution in [0.1, 0.15) is 66.2 Å². The molecule has 0 aliphatic rings. The summed E-state index contributed by atoms with van der Waals surface area (Å²) in [6.07, 6.45) is 7.98. The van der Waals surface area contributed by atoms with Crippen molar-refractivity contribution >= 4 is 20.6 Å². The predicted octanol–water partition coefficient (Wildman–Crippen LogP) is 5.13. The van der Waals surface area contributed by atoms with Crippen LogP contribution in [0.15, 0.2) is 0 Å². The van der Waals surface area contributed by atoms with Crippen LogP contribution in [0.2, 0.25) is 6.04 Å². The number of hydrogen-bond donors (Lipinski definition) is 0. The molecule has 0 saturated carbocycles. The molecule has 128 valence electrons. The molecule has 0 spiro atoms. The average Bonchev–Trinajstić information content (AvgIpc) is 2.46. The molecule has 21 heavy (non-hydrogen) atoms. The van der Waals surface area contributed by atoms with Crippen molar-refractivity contribution in [2.75, 3.05) is 31.3 Å². The molecule has 3 nitrogen and oxygen atoms in total. The van der Waals surface area contributed by atoms with Crippen molar-refractivity contribution in [3.8, 4) is 0 Å². The molecule has 0 aromatic carbocycles. The van der Waals surface area contributed by atoms with Gasteiger partial charge < -0.3 is 13.3 Å². The normalized spacial score (nSPS) is 12.0. The molecule has 0 atom stereocenters. The summed E-state index contributed by atoms with van der Waals surface area (Å²) in [6, 6.07) is 0.950. The fraction of sp³-hybridized carbons (Fsp3) is 1.00. The standard InChI is InChI=1S/C16H36O3SSi/c1-5-9-10-11-12-14-20-15-13-16-21(17-6-2,18-7-3)19-8-4/h5-16H2,1-4H3. The van der Waals surface area contributed by atoms with E-state index in [4.69, 9.17) is 13.3 Å². The minimum Gasteiger partial charge on any atom is -0.374 e. The largest absolute Gasteiger partial charge is 0.500 e. The van der Waals surface area contributed by atoms with Crippen LogP contribution < -0.4 is 0 Å². The average molecular weight is 337 g/mol. The van der Waals surface area contributed by atoms with Crippen LogP contribution in [-0.4, -0.2) is 40.1 Å². The third-order valence-corrected chi connectivity index (χ3v) is 7.56. The summed E-state index contributed by atoms with van der Waals surface area (Å²) in [4.78, 5) is 0. The van der Waals surface area contributed by atoms with Crippen molar-refractivity contribution in [2.45, 2.75) is 72.3 Å². The number of hydrogen-bond acceptors (Lipinski definition) is 4. The monoisotopic (exact) mass is 336 g/mol. The molecule has 0 fully saturated rings. The third-order valence-electron chi connectivity index (χ3n) is 3.26. The lowest BCUT2D eigenvalue weighted by Crippen LogP contribution is -2.46. The number of thioether (sulfide) groups is 1. The summed E-state index contributed by atoms with van der Waals surface area (Å²) in [6.45, 7) is 10.4. The molecule has 0 unspecified atom stereocenters. The summed E-state index contributed by atoms with van der Waals surface area (Å²) in [7, 11) is -2.39. The van der Waals surface area contributed by atoms with Gasteiger partial charge in [-0.2, -0.15) is 11.8 Å². The smallest absolute Gasteiger partial charge is 0.374 e. The van der Waals surface area contributed by atoms with Crippen molar-refractivity contribution in [2.24, 2.45) is 0 Å². The first-order valence-electron chi connectivity index (χ1n) is 8.74. The van der Waals surface area contributed by atoms with Gasteiger partial charge in [0.05, 0.1) is 0 Å². The highest BCUT2D eigenvalue weighted by molar-refractivity contribution is 7.99. The Labute approximate surface area is 137 Å². The fourth-order valence-corrected chi connectivity index (χ4v) is 6.13. The highest BCUT2D eigenvalue weighted by Crippen LogP contribution is 2.20. The third kappa shape index (κ3) is 11.6. The fourth-order valence-electron chi connectivity index (χ4n) is 2.30. The summed E-state index contributed by atoms with van der Waals surface area (Å²) >= 11 is 2.06. The van der Waals surface area contributed by atoms with E-state index >= 15 is 0 Å². The molecule has 0 amide bonds. The molecule has 0 aromatic heterocycles. The van der Waals surface area contributed by atoms with E-state index in [1.165, 1.54) is 43.6 Å². The minimum atomic E-state index is -2.39. The van der Waals surface area contributed by atoms with Gasteiger partial charge in [0.15, 0.2) is 0 Å². The first-order valence-corrected chi connectivity index (χ1v) is 11.8. The molecule has 5 heteroatoms. The molecule has 0 rings (SSSR count). The first-order chi connectivity index (χ1) is 10.2. The van der Waals surface area contributed by atoms with E-state index in [0.717, 1.165) is 12.5 Å². The van der Waals surface area contributed by atoms with E-state index < -0.39 is 8.80 Å². The van der Waals surface area contributed by atoms with Crippen LogP contribution in [0.4, 0.5) is 0 Å². The van der Waals surface area contributed by atoms with Crippen molar-refractivity contribution in [3.05, 3.63) is 0 Å². The lowest BCUT2D eigenvalue weighted by Gasteiger charge is -2.28. The second-order valence-electron chi connectivity index (χ2n) is 5.11. The van der Waals surface area contributed by atoms with Crippen molar-refractivity contribution in [3.63, 3.8) is 0 Å². The second kappa shape index (κ2) is 15.3. The van der Waals surface area contributed by atoms with E-state index in [0.29, 0.717) is 19.8 Å². The summed E-state index contributed by atoms with van der Waals surface area (Å²) in [5.74, 6) is 2.48. The maximum absolute atomic E-state index is 5.87. The van der Waals surface area contributed by atoms with Crippen LogP contribution in [-0.2, 0) is 13.3 Å². The highest BCUT2D eigenvalue weighted by atomic mass is 32.2. The van der Waals surface area contributed by atoms with Gasteiger partial charge >= 0.3 is 8.80 Å². The first kappa shape index (κ1) is 21.4. The van der Waals surface area contributed by atoms with E-state index in [-0.39, 0.29) is 0 Å². The molecule has 0 heterocycles. The van der Waals surface area contributed by atoms with E-state index in [9.17, 15) is 0 Å². The Morgan fingerprint density at radius 1 is 0.667 bits per heavy atom. The van der Waals surface area contributed by atoms with Crippen molar-refractivity contribution in [1.82, 2.24) is 0 Å². The van der Waals surface area contributed by atoms with Gasteiger partial charge in [-0.25, -0.2) is 0 Å². The molecule has 0 bridgehead atoms. The molecule has 0 saturated heterocycles. The van der Waals surface area contributed by atoms with Gasteiger partial charge in [-0.15, -0.1) is 0 Å². The summed E-state index contributed by atoms with van der Waals surface area (Å²) < 4.78 is 17.6. The van der Waals surface area contributed by atoms with Gasteiger partial charge in [-0.05, 0) is 45.1 Å². The molecular formula is C16H36O3SSi. The van der Waals surface area contributed by atoms with Crippen molar-refractivity contribution < 1.29 is 13.3 Å². The molecule has 0 aliphatic carbocycles. The summed E-state index contributed by atoms with van der Waals surface area (Å²) in [5, 5.41) is 0. The molecule has 0 radical (unpaired) electrons. The van der Waals surface area contributed by atoms with Gasteiger partial charge in [-0.3, -0.25) is 0 Å². The molecule has 0 aliphatic heterocycles. The van der Waals surface area contributed by atoms with Crippen LogP contribution in [0.5, 0.6) is 0 Å². The number of unbranched alkanes of at least 4 members (excludes halogenated alkanes) is 4. The quantitative estimate of drug-likeness (QED) is 0.288. The van der Waals surface area contributed by atoms with Crippen molar-refractivity contribution in [1.29, 1.82) is 0 Å². The second-order valence-corrected chi connectivity index (χ2v) is 9.07. The van der Waals surface area contributed by atoms with E-state index in [1.54, 1.807) is 0 Å². The lowest BCUT2D eigenvalue weighted by molar-refractivity contribution is 0.0712. The van der Waals surface area contributed by atoms with Gasteiger partial charge in [0.25, 0.3) is 0 Å². The van der Waals surface area contributed by atoms with Crippen LogP contribution in [0, 0.1) is 0 Å². The maximum Gasteiger partial charge on any atom is 0.500 e. The van der Waals surface area contributed by atoms with Gasteiger partial charge in [-0.1, -0.05) is 32.6 Å². The van der Waals surface area contributed by atoms with Gasteiger partial charge in [0.1, 0.15) is 0 Å². The Kier molecular flexibility index (Phi) is 15.7. The topological polar surface area (TPSA) is 27.7 Å². The zero-order valence-corrected chi connectivity index (χ0v) is 16.4. The Bertz CT molecular complexity index is 201. The Morgan fingerprint density at radius 2 is 1.19 bits per heavy atom. The maximum atomic E-state index is 5.87. The van der Waals surface area contributed by atoms with Crippen LogP contribution in [0.3, 0.4) is 0 Å². The van der Waals surface area contributed by atoms with E-state index in [2.05, 4.69) is 18.7 Å². The van der Waals surface area contributed by atoms with Gasteiger partial charge in [0.2, 0.25) is 0 Å². The molecule has 0 aromatic rings. The Balaban J connectivity index is 3.76. The van der Waals surface area contributed by atoms with Gasteiger partial charge in [0, 0.05) is 25.9 Å². The molecule has 0 N–H and O–H groups in total. The van der Waals surface area contributed by atoms with Crippen LogP contribution >= 0.6 is 11.8 Å². The predicted molar refractivity (Wildman–Crippen MR) is 96.1 cm³/mol.